The molecule has 1 heterocycles. The van der Waals surface area contributed by atoms with E-state index in [2.05, 4.69) is 19.2 Å². The van der Waals surface area contributed by atoms with Crippen LogP contribution in [0.4, 0.5) is 13.2 Å². The average Bonchev–Trinajstić information content (AvgIpc) is 2.65. The van der Waals surface area contributed by atoms with Gasteiger partial charge in [0.15, 0.2) is 0 Å². The molecular formula is C15H25F3N2S. The average molecular weight is 322 g/mol. The van der Waals surface area contributed by atoms with E-state index in [1.165, 1.54) is 9.78 Å². The summed E-state index contributed by atoms with van der Waals surface area (Å²) in [7, 11) is 0. The van der Waals surface area contributed by atoms with Gasteiger partial charge in [-0.15, -0.1) is 11.3 Å². The number of hydrogen-bond donors (Lipinski definition) is 1. The van der Waals surface area contributed by atoms with Crippen LogP contribution in [-0.4, -0.2) is 29.7 Å². The number of halogens is 3. The first-order valence-electron chi connectivity index (χ1n) is 7.21. The van der Waals surface area contributed by atoms with Crippen LogP contribution in [0.15, 0.2) is 6.07 Å². The zero-order valence-corrected chi connectivity index (χ0v) is 14.2. The number of nitrogens with one attached hydrogen (secondary N) is 1. The maximum atomic E-state index is 12.6. The number of nitrogens with zero attached hydrogens (tertiary/aromatic N) is 1. The molecular weight excluding hydrogens is 297 g/mol. The third kappa shape index (κ3) is 6.80. The van der Waals surface area contributed by atoms with Crippen LogP contribution in [0.2, 0.25) is 0 Å². The van der Waals surface area contributed by atoms with Gasteiger partial charge in [0.25, 0.3) is 0 Å². The van der Waals surface area contributed by atoms with Gasteiger partial charge in [-0.2, -0.15) is 13.2 Å². The van der Waals surface area contributed by atoms with E-state index in [9.17, 15) is 13.2 Å². The van der Waals surface area contributed by atoms with Crippen molar-refractivity contribution in [2.24, 2.45) is 0 Å². The minimum Gasteiger partial charge on any atom is -0.310 e. The molecule has 2 nitrogen and oxygen atoms in total. The second kappa shape index (κ2) is 7.61. The van der Waals surface area contributed by atoms with Crippen LogP contribution in [0.1, 0.15) is 43.0 Å². The van der Waals surface area contributed by atoms with Crippen LogP contribution in [-0.2, 0) is 13.1 Å². The molecule has 21 heavy (non-hydrogen) atoms. The van der Waals surface area contributed by atoms with Gasteiger partial charge < -0.3 is 5.32 Å². The molecule has 0 aromatic carbocycles. The molecule has 1 N–H and O–H groups in total. The summed E-state index contributed by atoms with van der Waals surface area (Å²) in [6.07, 6.45) is -4.16. The number of alkyl halides is 3. The highest BCUT2D eigenvalue weighted by atomic mass is 32.1. The largest absolute Gasteiger partial charge is 0.401 e. The van der Waals surface area contributed by atoms with Gasteiger partial charge in [-0.1, -0.05) is 13.8 Å². The van der Waals surface area contributed by atoms with Crippen molar-refractivity contribution < 1.29 is 13.2 Å². The standard InChI is InChI=1S/C15H25F3N2S/c1-10(2)19-7-14-6-13(12(5)21-14)8-20(11(3)4)9-15(16,17)18/h6,10-11,19H,7-9H2,1-5H3. The van der Waals surface area contributed by atoms with Gasteiger partial charge in [-0.05, 0) is 32.4 Å². The molecule has 0 spiro atoms. The normalized spacial score (nSPS) is 12.9. The van der Waals surface area contributed by atoms with Crippen molar-refractivity contribution in [3.05, 3.63) is 21.4 Å². The predicted octanol–water partition coefficient (Wildman–Crippen LogP) is 4.33. The summed E-state index contributed by atoms with van der Waals surface area (Å²) < 4.78 is 37.9. The molecule has 0 unspecified atom stereocenters. The first-order chi connectivity index (χ1) is 9.58. The maximum Gasteiger partial charge on any atom is 0.401 e. The second-order valence-electron chi connectivity index (χ2n) is 5.94. The van der Waals surface area contributed by atoms with E-state index < -0.39 is 12.7 Å². The lowest BCUT2D eigenvalue weighted by Gasteiger charge is -2.27. The molecule has 0 fully saturated rings. The number of aryl methyl sites for hydroxylation is 1. The Morgan fingerprint density at radius 1 is 1.24 bits per heavy atom. The molecule has 0 saturated heterocycles. The van der Waals surface area contributed by atoms with Crippen LogP contribution in [0.3, 0.4) is 0 Å². The van der Waals surface area contributed by atoms with Crippen molar-refractivity contribution in [3.8, 4) is 0 Å². The van der Waals surface area contributed by atoms with E-state index in [1.54, 1.807) is 25.2 Å². The monoisotopic (exact) mass is 322 g/mol. The Bertz CT molecular complexity index is 439. The lowest BCUT2D eigenvalue weighted by molar-refractivity contribution is -0.150. The van der Waals surface area contributed by atoms with E-state index >= 15 is 0 Å². The third-order valence-electron chi connectivity index (χ3n) is 3.24. The number of hydrogen-bond acceptors (Lipinski definition) is 3. The fourth-order valence-corrected chi connectivity index (χ4v) is 3.01. The lowest BCUT2D eigenvalue weighted by atomic mass is 10.2. The van der Waals surface area contributed by atoms with Crippen molar-refractivity contribution in [1.29, 1.82) is 0 Å². The number of thiophene rings is 1. The Kier molecular flexibility index (Phi) is 6.69. The Labute approximate surface area is 129 Å². The summed E-state index contributed by atoms with van der Waals surface area (Å²) in [6, 6.07) is 2.29. The highest BCUT2D eigenvalue weighted by molar-refractivity contribution is 7.12. The molecule has 122 valence electrons. The predicted molar refractivity (Wildman–Crippen MR) is 82.6 cm³/mol. The molecule has 1 aromatic heterocycles. The quantitative estimate of drug-likeness (QED) is 0.804. The molecule has 0 aliphatic carbocycles. The summed E-state index contributed by atoms with van der Waals surface area (Å²) in [4.78, 5) is 3.74. The minimum absolute atomic E-state index is 0.136. The molecule has 0 saturated carbocycles. The van der Waals surface area contributed by atoms with E-state index in [0.29, 0.717) is 12.6 Å². The summed E-state index contributed by atoms with van der Waals surface area (Å²) in [5, 5.41) is 3.33. The van der Waals surface area contributed by atoms with E-state index in [0.717, 1.165) is 17.0 Å². The second-order valence-corrected chi connectivity index (χ2v) is 7.28. The zero-order valence-electron chi connectivity index (χ0n) is 13.3. The van der Waals surface area contributed by atoms with Crippen molar-refractivity contribution >= 4 is 11.3 Å². The highest BCUT2D eigenvalue weighted by Gasteiger charge is 2.32. The summed E-state index contributed by atoms with van der Waals surface area (Å²) in [5.74, 6) is 0. The molecule has 0 amide bonds. The van der Waals surface area contributed by atoms with E-state index in [4.69, 9.17) is 0 Å². The van der Waals surface area contributed by atoms with Crippen LogP contribution in [0.5, 0.6) is 0 Å². The summed E-state index contributed by atoms with van der Waals surface area (Å²) in [6.45, 7) is 9.98. The van der Waals surface area contributed by atoms with Crippen LogP contribution in [0.25, 0.3) is 0 Å². The first-order valence-corrected chi connectivity index (χ1v) is 8.02. The SMILES string of the molecule is Cc1sc(CNC(C)C)cc1CN(CC(F)(F)F)C(C)C. The van der Waals surface area contributed by atoms with E-state index in [1.807, 2.05) is 13.0 Å². The topological polar surface area (TPSA) is 15.3 Å². The molecule has 0 bridgehead atoms. The van der Waals surface area contributed by atoms with Crippen molar-refractivity contribution in [2.75, 3.05) is 6.54 Å². The lowest BCUT2D eigenvalue weighted by Crippen LogP contribution is -2.38. The maximum absolute atomic E-state index is 12.6. The van der Waals surface area contributed by atoms with Crippen molar-refractivity contribution in [2.45, 2.75) is 66.0 Å². The fourth-order valence-electron chi connectivity index (χ4n) is 2.01. The summed E-state index contributed by atoms with van der Waals surface area (Å²) >= 11 is 1.66. The Balaban J connectivity index is 2.75. The van der Waals surface area contributed by atoms with Gasteiger partial charge in [-0.3, -0.25) is 4.90 Å². The van der Waals surface area contributed by atoms with E-state index in [-0.39, 0.29) is 6.04 Å². The fraction of sp³-hybridized carbons (Fsp3) is 0.733. The van der Waals surface area contributed by atoms with Gasteiger partial charge in [-0.25, -0.2) is 0 Å². The Morgan fingerprint density at radius 2 is 1.86 bits per heavy atom. The summed E-state index contributed by atoms with van der Waals surface area (Å²) in [5.41, 5.74) is 0.999. The molecule has 6 heteroatoms. The number of rotatable bonds is 7. The molecule has 0 atom stereocenters. The van der Waals surface area contributed by atoms with Crippen LogP contribution >= 0.6 is 11.3 Å². The minimum atomic E-state index is -4.16. The van der Waals surface area contributed by atoms with Gasteiger partial charge in [0.05, 0.1) is 6.54 Å². The van der Waals surface area contributed by atoms with Gasteiger partial charge >= 0.3 is 6.18 Å². The molecule has 1 rings (SSSR count). The first kappa shape index (κ1) is 18.5. The third-order valence-corrected chi connectivity index (χ3v) is 4.34. The van der Waals surface area contributed by atoms with Crippen molar-refractivity contribution in [3.63, 3.8) is 0 Å². The highest BCUT2D eigenvalue weighted by Crippen LogP contribution is 2.26. The smallest absolute Gasteiger partial charge is 0.310 e. The van der Waals surface area contributed by atoms with Gasteiger partial charge in [0.2, 0.25) is 0 Å². The van der Waals surface area contributed by atoms with Crippen molar-refractivity contribution in [1.82, 2.24) is 10.2 Å². The molecule has 0 aliphatic heterocycles. The Morgan fingerprint density at radius 3 is 2.33 bits per heavy atom. The van der Waals surface area contributed by atoms with Crippen LogP contribution in [0, 0.1) is 6.92 Å². The van der Waals surface area contributed by atoms with Crippen LogP contribution < -0.4 is 5.32 Å². The van der Waals surface area contributed by atoms with Gasteiger partial charge in [0, 0.05) is 34.9 Å². The van der Waals surface area contributed by atoms with Gasteiger partial charge in [0.1, 0.15) is 0 Å². The zero-order chi connectivity index (χ0) is 16.2. The molecule has 0 aliphatic rings. The molecule has 1 aromatic rings. The molecule has 0 radical (unpaired) electrons. The Hall–Kier alpha value is -0.590.